The molecule has 0 radical (unpaired) electrons. The normalized spacial score (nSPS) is 14.8. The smallest absolute Gasteiger partial charge is 0.265 e. The highest BCUT2D eigenvalue weighted by atomic mass is 32.1. The highest BCUT2D eigenvalue weighted by Crippen LogP contribution is 2.37. The van der Waals surface area contributed by atoms with Gasteiger partial charge in [0.15, 0.2) is 11.0 Å². The fraction of sp³-hybridized carbons (Fsp3) is 0.348. The van der Waals surface area contributed by atoms with Crippen LogP contribution in [0.5, 0.6) is 11.5 Å². The molecule has 0 saturated carbocycles. The Hall–Kier alpha value is -2.88. The lowest BCUT2D eigenvalue weighted by Crippen LogP contribution is -2.35. The molecule has 2 N–H and O–H groups in total. The molecule has 3 aromatic rings. The Balaban J connectivity index is 1.69. The van der Waals surface area contributed by atoms with E-state index in [-0.39, 0.29) is 34.3 Å². The molecular formula is C23H26N4O4S. The average Bonchev–Trinajstić information content (AvgIpc) is 3.15. The Bertz CT molecular complexity index is 1140. The number of rotatable bonds is 5. The summed E-state index contributed by atoms with van der Waals surface area (Å²) in [4.78, 5) is 15.7. The number of benzene rings is 2. The van der Waals surface area contributed by atoms with E-state index in [0.29, 0.717) is 29.9 Å². The summed E-state index contributed by atoms with van der Waals surface area (Å²) >= 11 is 4.33. The van der Waals surface area contributed by atoms with Crippen molar-refractivity contribution in [2.45, 2.75) is 31.5 Å². The van der Waals surface area contributed by atoms with E-state index in [1.54, 1.807) is 12.1 Å². The maximum absolute atomic E-state index is 13.4. The number of aromatic hydroxyl groups is 2. The molecular weight excluding hydrogens is 428 g/mol. The van der Waals surface area contributed by atoms with Crippen molar-refractivity contribution < 1.29 is 19.7 Å². The van der Waals surface area contributed by atoms with Crippen LogP contribution in [0, 0.1) is 0 Å². The lowest BCUT2D eigenvalue weighted by atomic mass is 9.98. The van der Waals surface area contributed by atoms with Gasteiger partial charge in [-0.25, -0.2) is 4.57 Å². The monoisotopic (exact) mass is 454 g/mol. The van der Waals surface area contributed by atoms with Crippen molar-refractivity contribution in [2.75, 3.05) is 26.3 Å². The van der Waals surface area contributed by atoms with Crippen molar-refractivity contribution in [2.24, 2.45) is 0 Å². The van der Waals surface area contributed by atoms with Crippen LogP contribution >= 0.6 is 12.6 Å². The van der Waals surface area contributed by atoms with E-state index in [9.17, 15) is 15.0 Å². The van der Waals surface area contributed by atoms with Gasteiger partial charge in [-0.15, -0.1) is 22.8 Å². The van der Waals surface area contributed by atoms with Crippen LogP contribution in [0.15, 0.2) is 41.6 Å². The molecule has 168 valence electrons. The quantitative estimate of drug-likeness (QED) is 0.509. The SMILES string of the molecule is CC(C)c1cc(-c2nnc(S)n2C(=O)c2cccc(CN3CCOCC3)c2)c(O)cc1O. The van der Waals surface area contributed by atoms with Gasteiger partial charge in [-0.1, -0.05) is 26.0 Å². The molecule has 2 aromatic carbocycles. The van der Waals surface area contributed by atoms with E-state index >= 15 is 0 Å². The average molecular weight is 455 g/mol. The molecule has 9 heteroatoms. The van der Waals surface area contributed by atoms with Crippen LogP contribution in [-0.4, -0.2) is 62.1 Å². The fourth-order valence-corrected chi connectivity index (χ4v) is 4.05. The Morgan fingerprint density at radius 1 is 1.12 bits per heavy atom. The van der Waals surface area contributed by atoms with Gasteiger partial charge in [0.1, 0.15) is 11.5 Å². The first-order chi connectivity index (χ1) is 15.3. The van der Waals surface area contributed by atoms with Crippen molar-refractivity contribution in [1.82, 2.24) is 19.7 Å². The Labute approximate surface area is 191 Å². The first-order valence-corrected chi connectivity index (χ1v) is 10.9. The summed E-state index contributed by atoms with van der Waals surface area (Å²) in [6, 6.07) is 10.3. The number of phenolic OH excluding ortho intramolecular Hbond substituents is 2. The molecule has 0 aliphatic carbocycles. The Kier molecular flexibility index (Phi) is 6.50. The van der Waals surface area contributed by atoms with Gasteiger partial charge in [0.2, 0.25) is 0 Å². The van der Waals surface area contributed by atoms with Crippen LogP contribution in [0.3, 0.4) is 0 Å². The molecule has 1 aliphatic rings. The van der Waals surface area contributed by atoms with Gasteiger partial charge in [0.05, 0.1) is 18.8 Å². The lowest BCUT2D eigenvalue weighted by Gasteiger charge is -2.26. The molecule has 1 aromatic heterocycles. The topological polar surface area (TPSA) is 101 Å². The van der Waals surface area contributed by atoms with Crippen molar-refractivity contribution in [3.8, 4) is 22.9 Å². The molecule has 0 spiro atoms. The van der Waals surface area contributed by atoms with Gasteiger partial charge >= 0.3 is 0 Å². The van der Waals surface area contributed by atoms with Gasteiger partial charge in [-0.3, -0.25) is 9.69 Å². The third-order valence-corrected chi connectivity index (χ3v) is 5.83. The second-order valence-electron chi connectivity index (χ2n) is 8.14. The van der Waals surface area contributed by atoms with Crippen molar-refractivity contribution >= 4 is 18.5 Å². The minimum atomic E-state index is -0.350. The van der Waals surface area contributed by atoms with Crippen molar-refractivity contribution in [3.05, 3.63) is 53.1 Å². The number of carbonyl (C=O) groups excluding carboxylic acids is 1. The molecule has 0 atom stereocenters. The van der Waals surface area contributed by atoms with Crippen molar-refractivity contribution in [3.63, 3.8) is 0 Å². The van der Waals surface area contributed by atoms with Gasteiger partial charge < -0.3 is 14.9 Å². The fourth-order valence-electron chi connectivity index (χ4n) is 3.82. The van der Waals surface area contributed by atoms with Gasteiger partial charge in [-0.05, 0) is 35.2 Å². The molecule has 2 heterocycles. The minimum absolute atomic E-state index is 0.00811. The third-order valence-electron chi connectivity index (χ3n) is 5.54. The summed E-state index contributed by atoms with van der Waals surface area (Å²) in [6.45, 7) is 7.70. The van der Waals surface area contributed by atoms with Gasteiger partial charge in [0, 0.05) is 31.3 Å². The number of phenols is 2. The maximum atomic E-state index is 13.4. The second kappa shape index (κ2) is 9.32. The van der Waals surface area contributed by atoms with E-state index in [1.165, 1.54) is 10.6 Å². The summed E-state index contributed by atoms with van der Waals surface area (Å²) < 4.78 is 6.67. The predicted molar refractivity (Wildman–Crippen MR) is 122 cm³/mol. The molecule has 4 rings (SSSR count). The molecule has 8 nitrogen and oxygen atoms in total. The highest BCUT2D eigenvalue weighted by molar-refractivity contribution is 7.80. The zero-order valence-electron chi connectivity index (χ0n) is 18.0. The molecule has 1 saturated heterocycles. The highest BCUT2D eigenvalue weighted by Gasteiger charge is 2.24. The van der Waals surface area contributed by atoms with Gasteiger partial charge in [0.25, 0.3) is 5.91 Å². The van der Waals surface area contributed by atoms with Crippen LogP contribution < -0.4 is 0 Å². The standard InChI is InChI=1S/C23H26N4O4S/c1-14(2)17-11-18(20(29)12-19(17)28)21-24-25-23(32)27(21)22(30)16-5-3-4-15(10-16)13-26-6-8-31-9-7-26/h3-5,10-12,14,28-29H,6-9,13H2,1-2H3,(H,25,32). The van der Waals surface area contributed by atoms with Crippen LogP contribution in [0.4, 0.5) is 0 Å². The number of morpholine rings is 1. The summed E-state index contributed by atoms with van der Waals surface area (Å²) in [5, 5.41) is 28.8. The number of thiol groups is 1. The second-order valence-corrected chi connectivity index (χ2v) is 8.54. The summed E-state index contributed by atoms with van der Waals surface area (Å²) in [5.41, 5.74) is 2.42. The van der Waals surface area contributed by atoms with E-state index in [4.69, 9.17) is 4.74 Å². The Morgan fingerprint density at radius 2 is 1.88 bits per heavy atom. The van der Waals surface area contributed by atoms with Crippen molar-refractivity contribution in [1.29, 1.82) is 0 Å². The third kappa shape index (κ3) is 4.50. The van der Waals surface area contributed by atoms with Crippen LogP contribution in [-0.2, 0) is 11.3 Å². The minimum Gasteiger partial charge on any atom is -0.508 e. The van der Waals surface area contributed by atoms with E-state index in [2.05, 4.69) is 27.7 Å². The van der Waals surface area contributed by atoms with Crippen LogP contribution in [0.1, 0.15) is 41.3 Å². The van der Waals surface area contributed by atoms with E-state index < -0.39 is 0 Å². The maximum Gasteiger partial charge on any atom is 0.265 e. The number of hydrogen-bond acceptors (Lipinski definition) is 8. The van der Waals surface area contributed by atoms with E-state index in [1.807, 2.05) is 32.0 Å². The number of nitrogens with zero attached hydrogens (tertiary/aromatic N) is 4. The first-order valence-electron chi connectivity index (χ1n) is 10.5. The Morgan fingerprint density at radius 3 is 2.59 bits per heavy atom. The molecule has 32 heavy (non-hydrogen) atoms. The molecule has 1 fully saturated rings. The van der Waals surface area contributed by atoms with Gasteiger partial charge in [-0.2, -0.15) is 0 Å². The lowest BCUT2D eigenvalue weighted by molar-refractivity contribution is 0.0342. The molecule has 0 unspecified atom stereocenters. The number of carbonyl (C=O) groups is 1. The zero-order chi connectivity index (χ0) is 22.8. The molecule has 0 amide bonds. The first kappa shape index (κ1) is 22.3. The summed E-state index contributed by atoms with van der Waals surface area (Å²) in [7, 11) is 0. The largest absolute Gasteiger partial charge is 0.508 e. The van der Waals surface area contributed by atoms with E-state index in [0.717, 1.165) is 25.2 Å². The van der Waals surface area contributed by atoms with Crippen LogP contribution in [0.25, 0.3) is 11.4 Å². The zero-order valence-corrected chi connectivity index (χ0v) is 18.9. The number of hydrogen-bond donors (Lipinski definition) is 3. The number of ether oxygens (including phenoxy) is 1. The number of aromatic nitrogens is 3. The molecule has 1 aliphatic heterocycles. The summed E-state index contributed by atoms with van der Waals surface area (Å²) in [6.07, 6.45) is 0. The molecule has 0 bridgehead atoms. The summed E-state index contributed by atoms with van der Waals surface area (Å²) in [5.74, 6) is -0.382. The van der Waals surface area contributed by atoms with Crippen LogP contribution in [0.2, 0.25) is 0 Å². The predicted octanol–water partition coefficient (Wildman–Crippen LogP) is 3.29.